The van der Waals surface area contributed by atoms with E-state index < -0.39 is 0 Å². The van der Waals surface area contributed by atoms with Gasteiger partial charge in [0.1, 0.15) is 5.69 Å². The zero-order valence-corrected chi connectivity index (χ0v) is 11.4. The van der Waals surface area contributed by atoms with E-state index in [9.17, 15) is 4.79 Å². The minimum Gasteiger partial charge on any atom is -0.350 e. The Morgan fingerprint density at radius 3 is 3.15 bits per heavy atom. The third-order valence-corrected chi connectivity index (χ3v) is 3.60. The smallest absolute Gasteiger partial charge is 0.271 e. The number of rotatable bonds is 4. The molecule has 0 radical (unpaired) electrons. The van der Waals surface area contributed by atoms with Crippen molar-refractivity contribution in [2.75, 3.05) is 6.54 Å². The highest BCUT2D eigenvalue weighted by Gasteiger charge is 2.09. The minimum atomic E-state index is -0.128. The summed E-state index contributed by atoms with van der Waals surface area (Å²) in [4.78, 5) is 16.1. The molecule has 5 nitrogen and oxygen atoms in total. The normalized spacial score (nSPS) is 15.1. The van der Waals surface area contributed by atoms with Gasteiger partial charge in [0.25, 0.3) is 5.91 Å². The van der Waals surface area contributed by atoms with Gasteiger partial charge >= 0.3 is 0 Å². The Bertz CT molecular complexity index is 644. The predicted octanol–water partition coefficient (Wildman–Crippen LogP) is 2.35. The Kier molecular flexibility index (Phi) is 3.76. The van der Waals surface area contributed by atoms with E-state index in [4.69, 9.17) is 0 Å². The van der Waals surface area contributed by atoms with E-state index in [1.165, 1.54) is 31.3 Å². The van der Waals surface area contributed by atoms with Gasteiger partial charge in [0.2, 0.25) is 0 Å². The maximum Gasteiger partial charge on any atom is 0.271 e. The monoisotopic (exact) mass is 270 g/mol. The lowest BCUT2D eigenvalue weighted by molar-refractivity contribution is 0.0947. The van der Waals surface area contributed by atoms with Crippen molar-refractivity contribution < 1.29 is 4.79 Å². The van der Waals surface area contributed by atoms with Gasteiger partial charge in [-0.15, -0.1) is 0 Å². The zero-order chi connectivity index (χ0) is 13.8. The first-order valence-corrected chi connectivity index (χ1v) is 7.09. The van der Waals surface area contributed by atoms with Crippen molar-refractivity contribution in [2.45, 2.75) is 32.1 Å². The molecule has 2 aromatic heterocycles. The number of nitrogens with zero attached hydrogens (tertiary/aromatic N) is 3. The molecule has 2 heterocycles. The number of imidazole rings is 1. The fraction of sp³-hybridized carbons (Fsp3) is 0.400. The van der Waals surface area contributed by atoms with E-state index in [1.54, 1.807) is 29.0 Å². The average molecular weight is 270 g/mol. The Hall–Kier alpha value is -2.17. The molecule has 0 saturated heterocycles. The van der Waals surface area contributed by atoms with Crippen molar-refractivity contribution in [3.8, 4) is 0 Å². The number of amides is 1. The first-order chi connectivity index (χ1) is 9.83. The molecule has 0 aromatic carbocycles. The first-order valence-electron chi connectivity index (χ1n) is 7.09. The fourth-order valence-electron chi connectivity index (χ4n) is 2.50. The van der Waals surface area contributed by atoms with E-state index in [-0.39, 0.29) is 5.91 Å². The maximum absolute atomic E-state index is 12.0. The molecule has 0 aliphatic heterocycles. The third-order valence-electron chi connectivity index (χ3n) is 3.60. The van der Waals surface area contributed by atoms with Crippen LogP contribution < -0.4 is 5.32 Å². The predicted molar refractivity (Wildman–Crippen MR) is 76.5 cm³/mol. The molecule has 0 bridgehead atoms. The molecule has 5 heteroatoms. The summed E-state index contributed by atoms with van der Waals surface area (Å²) in [6, 6.07) is 3.50. The van der Waals surface area contributed by atoms with Crippen molar-refractivity contribution in [3.05, 3.63) is 41.9 Å². The van der Waals surface area contributed by atoms with Crippen LogP contribution in [0.1, 0.15) is 42.6 Å². The van der Waals surface area contributed by atoms with Crippen LogP contribution in [0.4, 0.5) is 0 Å². The number of fused-ring (bicyclic) bond motifs is 1. The number of nitrogens with one attached hydrogen (secondary N) is 1. The van der Waals surface area contributed by atoms with E-state index in [0.717, 1.165) is 12.1 Å². The highest BCUT2D eigenvalue weighted by Crippen LogP contribution is 2.19. The van der Waals surface area contributed by atoms with Gasteiger partial charge in [-0.25, -0.2) is 9.50 Å². The number of carbonyl (C=O) groups is 1. The van der Waals surface area contributed by atoms with Crippen LogP contribution in [0, 0.1) is 0 Å². The molecule has 2 aromatic rings. The number of carbonyl (C=O) groups excluding carboxylic acids is 1. The number of hydrogen-bond acceptors (Lipinski definition) is 3. The van der Waals surface area contributed by atoms with Crippen LogP contribution in [0.2, 0.25) is 0 Å². The summed E-state index contributed by atoms with van der Waals surface area (Å²) in [5.41, 5.74) is 2.64. The molecule has 20 heavy (non-hydrogen) atoms. The van der Waals surface area contributed by atoms with Crippen LogP contribution in [0.3, 0.4) is 0 Å². The Morgan fingerprint density at radius 2 is 2.30 bits per heavy atom. The first kappa shape index (κ1) is 12.8. The van der Waals surface area contributed by atoms with Gasteiger partial charge in [0.05, 0.1) is 0 Å². The van der Waals surface area contributed by atoms with E-state index in [2.05, 4.69) is 21.5 Å². The number of aromatic nitrogens is 3. The zero-order valence-electron chi connectivity index (χ0n) is 11.4. The number of allylic oxidation sites excluding steroid dienone is 1. The van der Waals surface area contributed by atoms with Crippen LogP contribution in [-0.4, -0.2) is 27.0 Å². The van der Waals surface area contributed by atoms with E-state index in [0.29, 0.717) is 12.2 Å². The van der Waals surface area contributed by atoms with Gasteiger partial charge in [0, 0.05) is 18.9 Å². The molecule has 1 amide bonds. The van der Waals surface area contributed by atoms with E-state index >= 15 is 0 Å². The summed E-state index contributed by atoms with van der Waals surface area (Å²) in [7, 11) is 0. The highest BCUT2D eigenvalue weighted by atomic mass is 16.1. The van der Waals surface area contributed by atoms with Crippen LogP contribution >= 0.6 is 0 Å². The molecule has 0 spiro atoms. The molecular formula is C15H18N4O. The Balaban J connectivity index is 1.57. The lowest BCUT2D eigenvalue weighted by Gasteiger charge is -2.12. The van der Waals surface area contributed by atoms with Crippen LogP contribution in [0.15, 0.2) is 36.2 Å². The van der Waals surface area contributed by atoms with Gasteiger partial charge in [-0.1, -0.05) is 11.6 Å². The minimum absolute atomic E-state index is 0.128. The van der Waals surface area contributed by atoms with Gasteiger partial charge in [-0.05, 0) is 44.2 Å². The molecular weight excluding hydrogens is 252 g/mol. The molecule has 1 aliphatic rings. The summed E-state index contributed by atoms with van der Waals surface area (Å²) in [5, 5.41) is 7.16. The largest absolute Gasteiger partial charge is 0.350 e. The highest BCUT2D eigenvalue weighted by molar-refractivity contribution is 5.92. The summed E-state index contributed by atoms with van der Waals surface area (Å²) in [5.74, 6) is -0.128. The molecule has 1 N–H and O–H groups in total. The maximum atomic E-state index is 12.0. The SMILES string of the molecule is O=C(NCCC1=CCCCC1)c1ccc2nccn2n1. The lowest BCUT2D eigenvalue weighted by atomic mass is 9.97. The van der Waals surface area contributed by atoms with Crippen molar-refractivity contribution in [1.29, 1.82) is 0 Å². The van der Waals surface area contributed by atoms with Crippen LogP contribution in [0.5, 0.6) is 0 Å². The molecule has 0 atom stereocenters. The Labute approximate surface area is 117 Å². The Morgan fingerprint density at radius 1 is 1.35 bits per heavy atom. The number of hydrogen-bond donors (Lipinski definition) is 1. The van der Waals surface area contributed by atoms with Gasteiger partial charge in [-0.2, -0.15) is 5.10 Å². The third kappa shape index (κ3) is 2.87. The second-order valence-electron chi connectivity index (χ2n) is 5.06. The standard InChI is InChI=1S/C15H18N4O/c20-15(17-9-8-12-4-2-1-3-5-12)13-6-7-14-16-10-11-19(14)18-13/h4,6-7,10-11H,1-3,5,8-9H2,(H,17,20). The summed E-state index contributed by atoms with van der Waals surface area (Å²) < 4.78 is 1.61. The quantitative estimate of drug-likeness (QED) is 0.868. The van der Waals surface area contributed by atoms with Crippen molar-refractivity contribution in [1.82, 2.24) is 19.9 Å². The lowest BCUT2D eigenvalue weighted by Crippen LogP contribution is -2.26. The van der Waals surface area contributed by atoms with Gasteiger partial charge in [0.15, 0.2) is 5.65 Å². The molecule has 0 saturated carbocycles. The molecule has 104 valence electrons. The van der Waals surface area contributed by atoms with Crippen molar-refractivity contribution in [3.63, 3.8) is 0 Å². The van der Waals surface area contributed by atoms with Gasteiger partial charge < -0.3 is 5.32 Å². The van der Waals surface area contributed by atoms with Crippen molar-refractivity contribution in [2.24, 2.45) is 0 Å². The van der Waals surface area contributed by atoms with Crippen LogP contribution in [-0.2, 0) is 0 Å². The fourth-order valence-corrected chi connectivity index (χ4v) is 2.50. The van der Waals surface area contributed by atoms with E-state index in [1.807, 2.05) is 0 Å². The van der Waals surface area contributed by atoms with Gasteiger partial charge in [-0.3, -0.25) is 4.79 Å². The molecule has 0 unspecified atom stereocenters. The molecule has 1 aliphatic carbocycles. The topological polar surface area (TPSA) is 59.3 Å². The summed E-state index contributed by atoms with van der Waals surface area (Å²) in [6.07, 6.45) is 11.6. The molecule has 3 rings (SSSR count). The van der Waals surface area contributed by atoms with Crippen LogP contribution in [0.25, 0.3) is 5.65 Å². The summed E-state index contributed by atoms with van der Waals surface area (Å²) >= 11 is 0. The molecule has 0 fully saturated rings. The average Bonchev–Trinajstić information content (AvgIpc) is 2.95. The summed E-state index contributed by atoms with van der Waals surface area (Å²) in [6.45, 7) is 0.675. The second-order valence-corrected chi connectivity index (χ2v) is 5.06. The second kappa shape index (κ2) is 5.86. The van der Waals surface area contributed by atoms with Crippen molar-refractivity contribution >= 4 is 11.6 Å².